The van der Waals surface area contributed by atoms with Crippen molar-refractivity contribution in [3.8, 4) is 0 Å². The van der Waals surface area contributed by atoms with Gasteiger partial charge in [0.15, 0.2) is 0 Å². The third kappa shape index (κ3) is 4.08. The summed E-state index contributed by atoms with van der Waals surface area (Å²) < 4.78 is 1.02. The molecule has 0 radical (unpaired) electrons. The van der Waals surface area contributed by atoms with Crippen molar-refractivity contribution < 1.29 is 5.11 Å². The van der Waals surface area contributed by atoms with Crippen LogP contribution in [0.3, 0.4) is 0 Å². The predicted molar refractivity (Wildman–Crippen MR) is 78.5 cm³/mol. The van der Waals surface area contributed by atoms with Gasteiger partial charge >= 0.3 is 0 Å². The van der Waals surface area contributed by atoms with E-state index in [1.165, 1.54) is 19.3 Å². The Balaban J connectivity index is 1.73. The van der Waals surface area contributed by atoms with Gasteiger partial charge in [-0.3, -0.25) is 0 Å². The normalized spacial score (nSPS) is 25.3. The molecule has 2 nitrogen and oxygen atoms in total. The molecule has 18 heavy (non-hydrogen) atoms. The first-order chi connectivity index (χ1) is 8.65. The minimum Gasteiger partial charge on any atom is -0.387 e. The summed E-state index contributed by atoms with van der Waals surface area (Å²) in [6.07, 6.45) is 3.61. The highest BCUT2D eigenvalue weighted by atomic mass is 79.9. The standard InChI is InChI=1S/C15H22BrNO/c1-11-5-6-12(7-11)9-17-10-15(18)13-3-2-4-14(16)8-13/h2-4,8,11-12,15,17-18H,5-7,9-10H2,1H3. The van der Waals surface area contributed by atoms with Crippen LogP contribution < -0.4 is 5.32 Å². The van der Waals surface area contributed by atoms with Crippen LogP contribution in [0, 0.1) is 11.8 Å². The molecule has 3 atom stereocenters. The lowest BCUT2D eigenvalue weighted by atomic mass is 10.1. The summed E-state index contributed by atoms with van der Waals surface area (Å²) in [5.74, 6) is 1.68. The molecule has 3 unspecified atom stereocenters. The van der Waals surface area contributed by atoms with Gasteiger partial charge in [-0.25, -0.2) is 0 Å². The van der Waals surface area contributed by atoms with Crippen LogP contribution in [0.25, 0.3) is 0 Å². The molecule has 1 aliphatic rings. The molecular formula is C15H22BrNO. The summed E-state index contributed by atoms with van der Waals surface area (Å²) in [4.78, 5) is 0. The van der Waals surface area contributed by atoms with E-state index in [4.69, 9.17) is 0 Å². The number of rotatable bonds is 5. The van der Waals surface area contributed by atoms with Crippen LogP contribution in [-0.4, -0.2) is 18.2 Å². The molecule has 1 fully saturated rings. The highest BCUT2D eigenvalue weighted by Crippen LogP contribution is 2.29. The van der Waals surface area contributed by atoms with Crippen LogP contribution in [0.15, 0.2) is 28.7 Å². The lowest BCUT2D eigenvalue weighted by Gasteiger charge is -2.15. The number of aliphatic hydroxyl groups is 1. The van der Waals surface area contributed by atoms with Crippen molar-refractivity contribution in [2.45, 2.75) is 32.3 Å². The molecule has 0 bridgehead atoms. The van der Waals surface area contributed by atoms with Gasteiger partial charge in [-0.2, -0.15) is 0 Å². The van der Waals surface area contributed by atoms with Gasteiger partial charge in [-0.05, 0) is 48.9 Å². The number of hydrogen-bond donors (Lipinski definition) is 2. The summed E-state index contributed by atoms with van der Waals surface area (Å²) in [5, 5.41) is 13.5. The second kappa shape index (κ2) is 6.69. The molecule has 0 spiro atoms. The van der Waals surface area contributed by atoms with E-state index < -0.39 is 6.10 Å². The molecule has 2 N–H and O–H groups in total. The van der Waals surface area contributed by atoms with Gasteiger partial charge < -0.3 is 10.4 Å². The lowest BCUT2D eigenvalue weighted by Crippen LogP contribution is -2.26. The minimum atomic E-state index is -0.415. The van der Waals surface area contributed by atoms with Crippen molar-refractivity contribution in [3.63, 3.8) is 0 Å². The first-order valence-corrected chi connectivity index (χ1v) is 7.58. The average Bonchev–Trinajstić information content (AvgIpc) is 2.75. The van der Waals surface area contributed by atoms with E-state index >= 15 is 0 Å². The highest BCUT2D eigenvalue weighted by Gasteiger charge is 2.20. The van der Waals surface area contributed by atoms with Crippen molar-refractivity contribution in [1.82, 2.24) is 5.32 Å². The van der Waals surface area contributed by atoms with Gasteiger partial charge in [-0.15, -0.1) is 0 Å². The molecule has 1 aromatic rings. The zero-order valence-electron chi connectivity index (χ0n) is 10.9. The van der Waals surface area contributed by atoms with Crippen LogP contribution in [0.1, 0.15) is 37.9 Å². The Bertz CT molecular complexity index is 383. The van der Waals surface area contributed by atoms with E-state index in [2.05, 4.69) is 28.2 Å². The summed E-state index contributed by atoms with van der Waals surface area (Å²) >= 11 is 3.43. The largest absolute Gasteiger partial charge is 0.387 e. The molecule has 2 rings (SSSR count). The number of hydrogen-bond acceptors (Lipinski definition) is 2. The fraction of sp³-hybridized carbons (Fsp3) is 0.600. The molecule has 0 saturated heterocycles. The fourth-order valence-electron chi connectivity index (χ4n) is 2.77. The maximum atomic E-state index is 10.1. The van der Waals surface area contributed by atoms with Gasteiger partial charge in [0.05, 0.1) is 6.10 Å². The molecular weight excluding hydrogens is 290 g/mol. The molecule has 1 aliphatic carbocycles. The average molecular weight is 312 g/mol. The van der Waals surface area contributed by atoms with Crippen molar-refractivity contribution in [3.05, 3.63) is 34.3 Å². The highest BCUT2D eigenvalue weighted by molar-refractivity contribution is 9.10. The predicted octanol–water partition coefficient (Wildman–Crippen LogP) is 3.51. The summed E-state index contributed by atoms with van der Waals surface area (Å²) in [5.41, 5.74) is 0.969. The van der Waals surface area contributed by atoms with Crippen molar-refractivity contribution in [1.29, 1.82) is 0 Å². The third-order valence-electron chi connectivity index (χ3n) is 3.81. The van der Waals surface area contributed by atoms with Crippen molar-refractivity contribution in [2.75, 3.05) is 13.1 Å². The zero-order valence-corrected chi connectivity index (χ0v) is 12.5. The van der Waals surface area contributed by atoms with E-state index in [0.29, 0.717) is 6.54 Å². The third-order valence-corrected chi connectivity index (χ3v) is 4.30. The smallest absolute Gasteiger partial charge is 0.0914 e. The topological polar surface area (TPSA) is 32.3 Å². The van der Waals surface area contributed by atoms with Crippen LogP contribution in [-0.2, 0) is 0 Å². The molecule has 0 amide bonds. The molecule has 0 heterocycles. The molecule has 0 aliphatic heterocycles. The van der Waals surface area contributed by atoms with Gasteiger partial charge in [0.25, 0.3) is 0 Å². The van der Waals surface area contributed by atoms with Gasteiger partial charge in [0.1, 0.15) is 0 Å². The number of aliphatic hydroxyl groups excluding tert-OH is 1. The van der Waals surface area contributed by atoms with Crippen LogP contribution in [0.2, 0.25) is 0 Å². The molecule has 3 heteroatoms. The molecule has 100 valence electrons. The Kier molecular flexibility index (Phi) is 5.22. The number of halogens is 1. The Morgan fingerprint density at radius 2 is 2.28 bits per heavy atom. The maximum absolute atomic E-state index is 10.1. The Labute approximate surface area is 118 Å². The zero-order chi connectivity index (χ0) is 13.0. The molecule has 1 saturated carbocycles. The number of benzene rings is 1. The van der Waals surface area contributed by atoms with Crippen LogP contribution in [0.5, 0.6) is 0 Å². The van der Waals surface area contributed by atoms with Gasteiger partial charge in [-0.1, -0.05) is 41.4 Å². The van der Waals surface area contributed by atoms with Crippen molar-refractivity contribution in [2.24, 2.45) is 11.8 Å². The van der Waals surface area contributed by atoms with E-state index in [9.17, 15) is 5.11 Å². The Hall–Kier alpha value is -0.380. The van der Waals surface area contributed by atoms with Crippen molar-refractivity contribution >= 4 is 15.9 Å². The van der Waals surface area contributed by atoms with E-state index in [0.717, 1.165) is 28.4 Å². The summed E-state index contributed by atoms with van der Waals surface area (Å²) in [6.45, 7) is 4.01. The summed E-state index contributed by atoms with van der Waals surface area (Å²) in [7, 11) is 0. The minimum absolute atomic E-state index is 0.415. The second-order valence-corrected chi connectivity index (χ2v) is 6.43. The SMILES string of the molecule is CC1CCC(CNCC(O)c2cccc(Br)c2)C1. The van der Waals surface area contributed by atoms with E-state index in [1.807, 2.05) is 24.3 Å². The van der Waals surface area contributed by atoms with E-state index in [-0.39, 0.29) is 0 Å². The van der Waals surface area contributed by atoms with E-state index in [1.54, 1.807) is 0 Å². The second-order valence-electron chi connectivity index (χ2n) is 5.51. The fourth-order valence-corrected chi connectivity index (χ4v) is 3.18. The Morgan fingerprint density at radius 3 is 2.94 bits per heavy atom. The first kappa shape index (κ1) is 14.0. The number of nitrogens with one attached hydrogen (secondary N) is 1. The first-order valence-electron chi connectivity index (χ1n) is 6.79. The van der Waals surface area contributed by atoms with Gasteiger partial charge in [0, 0.05) is 11.0 Å². The monoisotopic (exact) mass is 311 g/mol. The molecule has 0 aromatic heterocycles. The van der Waals surface area contributed by atoms with Gasteiger partial charge in [0.2, 0.25) is 0 Å². The summed E-state index contributed by atoms with van der Waals surface area (Å²) in [6, 6.07) is 7.88. The van der Waals surface area contributed by atoms with Crippen LogP contribution in [0.4, 0.5) is 0 Å². The van der Waals surface area contributed by atoms with Crippen LogP contribution >= 0.6 is 15.9 Å². The maximum Gasteiger partial charge on any atom is 0.0914 e. The quantitative estimate of drug-likeness (QED) is 0.872. The molecule has 1 aromatic carbocycles. The lowest BCUT2D eigenvalue weighted by molar-refractivity contribution is 0.172. The Morgan fingerprint density at radius 1 is 1.44 bits per heavy atom.